The average Bonchev–Trinajstić information content (AvgIpc) is 3.26. The Morgan fingerprint density at radius 2 is 1.90 bits per heavy atom. The molecular formula is C27H24F3N5O3Si. The number of benzene rings is 2. The quantitative estimate of drug-likeness (QED) is 0.283. The van der Waals surface area contributed by atoms with Crippen molar-refractivity contribution in [1.82, 2.24) is 14.8 Å². The number of allylic oxidation sites excluding steroid dienone is 1. The summed E-state index contributed by atoms with van der Waals surface area (Å²) in [4.78, 5) is 27.7. The summed E-state index contributed by atoms with van der Waals surface area (Å²) in [5, 5.41) is 15.9. The predicted octanol–water partition coefficient (Wildman–Crippen LogP) is 4.88. The van der Waals surface area contributed by atoms with Crippen molar-refractivity contribution in [3.8, 4) is 17.5 Å². The van der Waals surface area contributed by atoms with Crippen LogP contribution in [0.15, 0.2) is 58.5 Å². The van der Waals surface area contributed by atoms with Crippen molar-refractivity contribution in [3.63, 3.8) is 0 Å². The van der Waals surface area contributed by atoms with Gasteiger partial charge in [-0.1, -0.05) is 37.7 Å². The van der Waals surface area contributed by atoms with Gasteiger partial charge in [0.05, 0.1) is 29.9 Å². The fraction of sp³-hybridized carbons (Fsp3) is 0.259. The van der Waals surface area contributed by atoms with Crippen LogP contribution in [0.2, 0.25) is 19.6 Å². The summed E-state index contributed by atoms with van der Waals surface area (Å²) < 4.78 is 46.8. The molecule has 3 aromatic rings. The molecular weight excluding hydrogens is 527 g/mol. The number of carbonyl (C=O) groups is 1. The molecule has 8 nitrogen and oxygen atoms in total. The van der Waals surface area contributed by atoms with E-state index in [1.54, 1.807) is 25.1 Å². The molecule has 1 N–H and O–H groups in total. The molecule has 200 valence electrons. The molecule has 0 saturated heterocycles. The maximum Gasteiger partial charge on any atom is 0.416 e. The zero-order chi connectivity index (χ0) is 28.7. The van der Waals surface area contributed by atoms with E-state index in [1.165, 1.54) is 28.7 Å². The van der Waals surface area contributed by atoms with E-state index >= 15 is 0 Å². The van der Waals surface area contributed by atoms with Crippen LogP contribution in [0.4, 0.5) is 24.8 Å². The fourth-order valence-corrected chi connectivity index (χ4v) is 4.82. The van der Waals surface area contributed by atoms with E-state index in [2.05, 4.69) is 27.7 Å². The molecule has 2 heterocycles. The number of carbonyl (C=O) groups excluding carboxylic acids is 1. The summed E-state index contributed by atoms with van der Waals surface area (Å²) in [6, 6.07) is 10.2. The van der Waals surface area contributed by atoms with Crippen molar-refractivity contribution in [1.29, 1.82) is 5.26 Å². The third-order valence-corrected chi connectivity index (χ3v) is 6.90. The number of rotatable bonds is 3. The number of nitrogens with one attached hydrogen (secondary N) is 1. The smallest absolute Gasteiger partial charge is 0.416 e. The lowest BCUT2D eigenvalue weighted by Crippen LogP contribution is -2.38. The summed E-state index contributed by atoms with van der Waals surface area (Å²) in [7, 11) is -0.706. The first-order valence-corrected chi connectivity index (χ1v) is 15.3. The lowest BCUT2D eigenvalue weighted by Gasteiger charge is -2.35. The number of nitrogens with zero attached hydrogens (tertiary/aromatic N) is 4. The van der Waals surface area contributed by atoms with Crippen LogP contribution in [0.3, 0.4) is 0 Å². The number of nitriles is 1. The normalized spacial score (nSPS) is 15.3. The summed E-state index contributed by atoms with van der Waals surface area (Å²) in [6.07, 6.45) is -4.62. The molecule has 2 aromatic carbocycles. The van der Waals surface area contributed by atoms with Crippen LogP contribution in [0.25, 0.3) is 0 Å². The lowest BCUT2D eigenvalue weighted by molar-refractivity contribution is -0.138. The zero-order valence-corrected chi connectivity index (χ0v) is 22.8. The molecule has 12 heteroatoms. The molecule has 0 aliphatic carbocycles. The van der Waals surface area contributed by atoms with Crippen LogP contribution < -0.4 is 10.6 Å². The van der Waals surface area contributed by atoms with E-state index in [1.807, 2.05) is 19.6 Å². The molecule has 1 aliphatic heterocycles. The van der Waals surface area contributed by atoms with Gasteiger partial charge in [-0.25, -0.2) is 19.3 Å². The van der Waals surface area contributed by atoms with Gasteiger partial charge in [0, 0.05) is 16.9 Å². The Balaban J connectivity index is 2.05. The minimum absolute atomic E-state index is 0.00618. The number of hydrogen-bond donors (Lipinski definition) is 1. The number of halogens is 3. The van der Waals surface area contributed by atoms with Crippen LogP contribution in [0.1, 0.15) is 35.2 Å². The highest BCUT2D eigenvalue weighted by atomic mass is 28.3. The number of H-pyrrole nitrogens is 1. The van der Waals surface area contributed by atoms with Gasteiger partial charge in [-0.05, 0) is 42.8 Å². The number of alkyl halides is 3. The molecule has 1 aromatic heterocycles. The summed E-state index contributed by atoms with van der Waals surface area (Å²) in [5.41, 5.74) is 3.10. The van der Waals surface area contributed by atoms with Crippen molar-refractivity contribution in [2.24, 2.45) is 0 Å². The van der Waals surface area contributed by atoms with Crippen molar-refractivity contribution in [3.05, 3.63) is 86.5 Å². The number of fused-ring (bicyclic) bond motifs is 1. The number of esters is 1. The molecule has 0 fully saturated rings. The molecule has 0 unspecified atom stereocenters. The van der Waals surface area contributed by atoms with Gasteiger partial charge in [-0.15, -0.1) is 10.6 Å². The van der Waals surface area contributed by atoms with Gasteiger partial charge in [0.15, 0.2) is 0 Å². The van der Waals surface area contributed by atoms with Gasteiger partial charge in [0.1, 0.15) is 14.1 Å². The monoisotopic (exact) mass is 551 g/mol. The highest BCUT2D eigenvalue weighted by Gasteiger charge is 2.41. The maximum absolute atomic E-state index is 13.5. The second-order valence-electron chi connectivity index (χ2n) is 9.89. The van der Waals surface area contributed by atoms with Crippen molar-refractivity contribution < 1.29 is 22.7 Å². The standard InChI is InChI=1S/C27H24F3N5O3Si/c1-16-22(24(36)38-2)23(21-10-9-17(15-31)13-18(21)11-12-39(3,4)5)35-25(32-33-26(35)37)34(16)20-8-6-7-19(14-20)27(28,29)30/h6-10,13-14,23H,1-5H3,(H,33,37)/t23-/m1/s1. The number of hydrogen-bond acceptors (Lipinski definition) is 6. The average molecular weight is 552 g/mol. The first-order chi connectivity index (χ1) is 18.3. The first kappa shape index (κ1) is 27.5. The minimum atomic E-state index is -4.62. The van der Waals surface area contributed by atoms with E-state index in [9.17, 15) is 28.0 Å². The fourth-order valence-electron chi connectivity index (χ4n) is 4.31. The van der Waals surface area contributed by atoms with Crippen molar-refractivity contribution >= 4 is 25.7 Å². The second kappa shape index (κ2) is 9.96. The highest BCUT2D eigenvalue weighted by Crippen LogP contribution is 2.43. The lowest BCUT2D eigenvalue weighted by atomic mass is 9.90. The third kappa shape index (κ3) is 5.24. The summed E-state index contributed by atoms with van der Waals surface area (Å²) >= 11 is 0. The highest BCUT2D eigenvalue weighted by molar-refractivity contribution is 6.83. The Morgan fingerprint density at radius 3 is 2.51 bits per heavy atom. The van der Waals surface area contributed by atoms with Gasteiger partial charge >= 0.3 is 17.8 Å². The van der Waals surface area contributed by atoms with Gasteiger partial charge in [0.2, 0.25) is 5.95 Å². The van der Waals surface area contributed by atoms with E-state index < -0.39 is 37.5 Å². The minimum Gasteiger partial charge on any atom is -0.466 e. The Labute approximate surface area is 223 Å². The molecule has 1 atom stereocenters. The van der Waals surface area contributed by atoms with Crippen LogP contribution in [-0.4, -0.2) is 35.9 Å². The van der Waals surface area contributed by atoms with E-state index in [-0.39, 0.29) is 22.9 Å². The number of anilines is 2. The Morgan fingerprint density at radius 1 is 1.18 bits per heavy atom. The number of ether oxygens (including phenoxy) is 1. The van der Waals surface area contributed by atoms with Crippen molar-refractivity contribution in [2.75, 3.05) is 12.0 Å². The summed E-state index contributed by atoms with van der Waals surface area (Å²) in [6.45, 7) is 7.68. The topological polar surface area (TPSA) is 104 Å². The van der Waals surface area contributed by atoms with Crippen LogP contribution >= 0.6 is 0 Å². The molecule has 1 aliphatic rings. The van der Waals surface area contributed by atoms with E-state index in [4.69, 9.17) is 4.74 Å². The van der Waals surface area contributed by atoms with E-state index in [0.717, 1.165) is 12.1 Å². The predicted molar refractivity (Wildman–Crippen MR) is 141 cm³/mol. The zero-order valence-electron chi connectivity index (χ0n) is 21.8. The van der Waals surface area contributed by atoms with E-state index in [0.29, 0.717) is 16.7 Å². The first-order valence-electron chi connectivity index (χ1n) is 11.8. The van der Waals surface area contributed by atoms with Crippen LogP contribution in [0.5, 0.6) is 0 Å². The van der Waals surface area contributed by atoms with Gasteiger partial charge in [0.25, 0.3) is 0 Å². The van der Waals surface area contributed by atoms with Gasteiger partial charge in [-0.3, -0.25) is 4.90 Å². The molecule has 0 bridgehead atoms. The number of methoxy groups -OCH3 is 1. The SMILES string of the molecule is COC(=O)C1=C(C)N(c2cccc(C(F)(F)F)c2)c2n[nH]c(=O)n2[C@@H]1c1ccc(C#N)cc1C#C[Si](C)(C)C. The Kier molecular flexibility index (Phi) is 7.02. The maximum atomic E-state index is 13.5. The summed E-state index contributed by atoms with van der Waals surface area (Å²) in [5.74, 6) is 2.31. The Bertz CT molecular complexity index is 1660. The van der Waals surface area contributed by atoms with Gasteiger partial charge < -0.3 is 4.74 Å². The molecule has 0 saturated carbocycles. The largest absolute Gasteiger partial charge is 0.466 e. The van der Waals surface area contributed by atoms with Crippen molar-refractivity contribution in [2.45, 2.75) is 38.8 Å². The number of aromatic amines is 1. The van der Waals surface area contributed by atoms with Gasteiger partial charge in [-0.2, -0.15) is 18.4 Å². The molecule has 0 spiro atoms. The van der Waals surface area contributed by atoms with Crippen LogP contribution in [0, 0.1) is 22.8 Å². The molecule has 39 heavy (non-hydrogen) atoms. The van der Waals surface area contributed by atoms with Crippen LogP contribution in [-0.2, 0) is 15.7 Å². The molecule has 0 amide bonds. The third-order valence-electron chi connectivity index (χ3n) is 6.03. The second-order valence-corrected chi connectivity index (χ2v) is 14.6. The Hall–Kier alpha value is -4.55. The number of aromatic nitrogens is 3. The molecule has 0 radical (unpaired) electrons. The molecule has 4 rings (SSSR count).